The van der Waals surface area contributed by atoms with Crippen molar-refractivity contribution in [2.45, 2.75) is 39.3 Å². The molecule has 24 heavy (non-hydrogen) atoms. The lowest BCUT2D eigenvalue weighted by Gasteiger charge is -2.25. The van der Waals surface area contributed by atoms with E-state index in [9.17, 15) is 14.4 Å². The molecular weight excluding hydrogens is 308 g/mol. The molecule has 0 aromatic heterocycles. The lowest BCUT2D eigenvalue weighted by atomic mass is 10.1. The van der Waals surface area contributed by atoms with Crippen LogP contribution in [0.2, 0.25) is 0 Å². The molecule has 130 valence electrons. The first kappa shape index (κ1) is 18.0. The van der Waals surface area contributed by atoms with Crippen molar-refractivity contribution in [3.63, 3.8) is 0 Å². The number of esters is 1. The van der Waals surface area contributed by atoms with E-state index in [4.69, 9.17) is 4.74 Å². The Bertz CT molecular complexity index is 600. The molecule has 6 heteroatoms. The van der Waals surface area contributed by atoms with Gasteiger partial charge in [-0.25, -0.2) is 0 Å². The summed E-state index contributed by atoms with van der Waals surface area (Å²) in [4.78, 5) is 37.6. The van der Waals surface area contributed by atoms with Gasteiger partial charge in [0.25, 0.3) is 5.91 Å². The van der Waals surface area contributed by atoms with E-state index >= 15 is 0 Å². The van der Waals surface area contributed by atoms with Crippen molar-refractivity contribution in [1.82, 2.24) is 10.2 Å². The van der Waals surface area contributed by atoms with Gasteiger partial charge in [0.1, 0.15) is 0 Å². The highest BCUT2D eigenvalue weighted by Crippen LogP contribution is 2.28. The minimum Gasteiger partial charge on any atom is -0.455 e. The molecule has 0 spiro atoms. The van der Waals surface area contributed by atoms with Crippen LogP contribution in [0.5, 0.6) is 0 Å². The van der Waals surface area contributed by atoms with E-state index in [1.807, 2.05) is 51.1 Å². The maximum atomic E-state index is 12.2. The predicted octanol–water partition coefficient (Wildman–Crippen LogP) is 1.66. The maximum Gasteiger partial charge on any atom is 0.311 e. The second-order valence-electron chi connectivity index (χ2n) is 6.36. The Kier molecular flexibility index (Phi) is 5.95. The van der Waals surface area contributed by atoms with E-state index in [1.165, 1.54) is 0 Å². The normalized spacial score (nSPS) is 18.6. The molecule has 0 saturated carbocycles. The highest BCUT2D eigenvalue weighted by atomic mass is 16.5. The standard InChI is InChI=1S/C18H24N2O4/c1-12(2)19-16(21)11-24-18(23)15-9-17(22)20(10-15)13(3)14-7-5-4-6-8-14/h4-8,12-13,15H,9-11H2,1-3H3,(H,19,21)/t13-,15-/m0/s1. The molecule has 1 saturated heterocycles. The van der Waals surface area contributed by atoms with Gasteiger partial charge in [-0.05, 0) is 26.3 Å². The highest BCUT2D eigenvalue weighted by Gasteiger charge is 2.38. The lowest BCUT2D eigenvalue weighted by Crippen LogP contribution is -2.35. The Balaban J connectivity index is 1.89. The first-order valence-electron chi connectivity index (χ1n) is 8.19. The topological polar surface area (TPSA) is 75.7 Å². The SMILES string of the molecule is CC(C)NC(=O)COC(=O)[C@H]1CC(=O)N([C@@H](C)c2ccccc2)C1. The molecule has 2 amide bonds. The van der Waals surface area contributed by atoms with Gasteiger partial charge in [-0.3, -0.25) is 14.4 Å². The molecule has 0 aliphatic carbocycles. The Labute approximate surface area is 142 Å². The van der Waals surface area contributed by atoms with Crippen LogP contribution in [0.25, 0.3) is 0 Å². The van der Waals surface area contributed by atoms with E-state index in [2.05, 4.69) is 5.32 Å². The van der Waals surface area contributed by atoms with Crippen molar-refractivity contribution >= 4 is 17.8 Å². The fourth-order valence-electron chi connectivity index (χ4n) is 2.79. The van der Waals surface area contributed by atoms with Crippen LogP contribution in [0.1, 0.15) is 38.8 Å². The van der Waals surface area contributed by atoms with E-state index in [1.54, 1.807) is 4.90 Å². The highest BCUT2D eigenvalue weighted by molar-refractivity contribution is 5.88. The molecule has 1 aliphatic heterocycles. The largest absolute Gasteiger partial charge is 0.455 e. The van der Waals surface area contributed by atoms with Crippen molar-refractivity contribution in [2.75, 3.05) is 13.2 Å². The summed E-state index contributed by atoms with van der Waals surface area (Å²) < 4.78 is 5.04. The molecule has 1 aliphatic rings. The number of hydrogen-bond donors (Lipinski definition) is 1. The summed E-state index contributed by atoms with van der Waals surface area (Å²) in [7, 11) is 0. The fraction of sp³-hybridized carbons (Fsp3) is 0.500. The van der Waals surface area contributed by atoms with Crippen molar-refractivity contribution in [3.8, 4) is 0 Å². The Morgan fingerprint density at radius 2 is 1.92 bits per heavy atom. The molecule has 1 aromatic carbocycles. The first-order valence-corrected chi connectivity index (χ1v) is 8.19. The van der Waals surface area contributed by atoms with Crippen LogP contribution in [0.15, 0.2) is 30.3 Å². The van der Waals surface area contributed by atoms with Gasteiger partial charge in [0.2, 0.25) is 5.91 Å². The molecule has 1 fully saturated rings. The number of carbonyl (C=O) groups excluding carboxylic acids is 3. The summed E-state index contributed by atoms with van der Waals surface area (Å²) in [6, 6.07) is 9.58. The summed E-state index contributed by atoms with van der Waals surface area (Å²) in [6.07, 6.45) is 0.127. The van der Waals surface area contributed by atoms with E-state index < -0.39 is 11.9 Å². The molecule has 0 bridgehead atoms. The summed E-state index contributed by atoms with van der Waals surface area (Å²) in [5.41, 5.74) is 1.02. The number of hydrogen-bond acceptors (Lipinski definition) is 4. The van der Waals surface area contributed by atoms with Gasteiger partial charge >= 0.3 is 5.97 Å². The number of ether oxygens (including phenoxy) is 1. The van der Waals surface area contributed by atoms with Crippen LogP contribution < -0.4 is 5.32 Å². The van der Waals surface area contributed by atoms with Crippen molar-refractivity contribution in [2.24, 2.45) is 5.92 Å². The van der Waals surface area contributed by atoms with Gasteiger partial charge in [-0.15, -0.1) is 0 Å². The average Bonchev–Trinajstić information content (AvgIpc) is 2.94. The van der Waals surface area contributed by atoms with Crippen LogP contribution in [0, 0.1) is 5.92 Å². The zero-order chi connectivity index (χ0) is 17.7. The third kappa shape index (κ3) is 4.57. The van der Waals surface area contributed by atoms with Gasteiger partial charge in [0.05, 0.1) is 12.0 Å². The molecule has 1 aromatic rings. The molecule has 1 heterocycles. The van der Waals surface area contributed by atoms with Crippen LogP contribution in [-0.4, -0.2) is 41.9 Å². The number of nitrogens with one attached hydrogen (secondary N) is 1. The number of likely N-dealkylation sites (tertiary alicyclic amines) is 1. The third-order valence-electron chi connectivity index (χ3n) is 4.04. The lowest BCUT2D eigenvalue weighted by molar-refractivity contribution is -0.152. The van der Waals surface area contributed by atoms with E-state index in [0.717, 1.165) is 5.56 Å². The minimum absolute atomic E-state index is 0.00789. The summed E-state index contributed by atoms with van der Waals surface area (Å²) in [5, 5.41) is 2.65. The zero-order valence-corrected chi connectivity index (χ0v) is 14.3. The van der Waals surface area contributed by atoms with Crippen molar-refractivity contribution in [3.05, 3.63) is 35.9 Å². The molecule has 0 unspecified atom stereocenters. The van der Waals surface area contributed by atoms with E-state index in [-0.39, 0.29) is 36.9 Å². The Hall–Kier alpha value is -2.37. The number of benzene rings is 1. The average molecular weight is 332 g/mol. The number of rotatable bonds is 6. The summed E-state index contributed by atoms with van der Waals surface area (Å²) in [5.74, 6) is -1.42. The van der Waals surface area contributed by atoms with Gasteiger partial charge < -0.3 is 15.0 Å². The van der Waals surface area contributed by atoms with Crippen molar-refractivity contribution < 1.29 is 19.1 Å². The second kappa shape index (κ2) is 7.95. The van der Waals surface area contributed by atoms with Crippen LogP contribution >= 0.6 is 0 Å². The molecule has 1 N–H and O–H groups in total. The first-order chi connectivity index (χ1) is 11.4. The maximum absolute atomic E-state index is 12.2. The quantitative estimate of drug-likeness (QED) is 0.804. The Morgan fingerprint density at radius 3 is 2.54 bits per heavy atom. The second-order valence-corrected chi connectivity index (χ2v) is 6.36. The van der Waals surface area contributed by atoms with Crippen molar-refractivity contribution in [1.29, 1.82) is 0 Å². The smallest absolute Gasteiger partial charge is 0.311 e. The monoisotopic (exact) mass is 332 g/mol. The van der Waals surface area contributed by atoms with Gasteiger partial charge in [-0.1, -0.05) is 30.3 Å². The molecule has 6 nitrogen and oxygen atoms in total. The van der Waals surface area contributed by atoms with E-state index in [0.29, 0.717) is 6.54 Å². The zero-order valence-electron chi connectivity index (χ0n) is 14.3. The van der Waals surface area contributed by atoms with Gasteiger partial charge in [-0.2, -0.15) is 0 Å². The van der Waals surface area contributed by atoms with Gasteiger partial charge in [0, 0.05) is 19.0 Å². The molecular formula is C18H24N2O4. The fourth-order valence-corrected chi connectivity index (χ4v) is 2.79. The van der Waals surface area contributed by atoms with Crippen LogP contribution in [0.3, 0.4) is 0 Å². The molecule has 0 radical (unpaired) electrons. The molecule has 2 rings (SSSR count). The van der Waals surface area contributed by atoms with Crippen LogP contribution in [0.4, 0.5) is 0 Å². The van der Waals surface area contributed by atoms with Gasteiger partial charge in [0.15, 0.2) is 6.61 Å². The summed E-state index contributed by atoms with van der Waals surface area (Å²) >= 11 is 0. The molecule has 2 atom stereocenters. The number of amides is 2. The van der Waals surface area contributed by atoms with Crippen LogP contribution in [-0.2, 0) is 19.1 Å². The Morgan fingerprint density at radius 1 is 1.25 bits per heavy atom. The summed E-state index contributed by atoms with van der Waals surface area (Å²) in [6.45, 7) is 5.61. The predicted molar refractivity (Wildman–Crippen MR) is 88.9 cm³/mol. The number of carbonyl (C=O) groups is 3. The minimum atomic E-state index is -0.518. The third-order valence-corrected chi connectivity index (χ3v) is 4.04. The number of nitrogens with zero attached hydrogens (tertiary/aromatic N) is 1.